The van der Waals surface area contributed by atoms with Crippen molar-refractivity contribution in [3.63, 3.8) is 0 Å². The van der Waals surface area contributed by atoms with Gasteiger partial charge in [-0.2, -0.15) is 13.2 Å². The fraction of sp³-hybridized carbons (Fsp3) is 0.933. The zero-order valence-corrected chi connectivity index (χ0v) is 13.1. The second kappa shape index (κ2) is 6.99. The standard InChI is InChI=1S/C15H27F3N2O/c1-14(2,3)8-12(19)9-20-13(21)10-5-4-6-11(7-10)15(16,17)18/h10-12H,4-9,19H2,1-3H3,(H,20,21). The molecular weight excluding hydrogens is 281 g/mol. The molecule has 0 aromatic heterocycles. The van der Waals surface area contributed by atoms with E-state index < -0.39 is 18.0 Å². The monoisotopic (exact) mass is 308 g/mol. The summed E-state index contributed by atoms with van der Waals surface area (Å²) in [7, 11) is 0. The van der Waals surface area contributed by atoms with Gasteiger partial charge in [-0.15, -0.1) is 0 Å². The minimum atomic E-state index is -4.19. The van der Waals surface area contributed by atoms with Gasteiger partial charge in [0, 0.05) is 18.5 Å². The molecule has 1 rings (SSSR count). The number of amides is 1. The summed E-state index contributed by atoms with van der Waals surface area (Å²) in [4.78, 5) is 12.0. The average Bonchev–Trinajstić information content (AvgIpc) is 2.33. The molecule has 0 aromatic carbocycles. The molecule has 0 heterocycles. The summed E-state index contributed by atoms with van der Waals surface area (Å²) in [6.07, 6.45) is -2.41. The van der Waals surface area contributed by atoms with Gasteiger partial charge in [-0.25, -0.2) is 0 Å². The lowest BCUT2D eigenvalue weighted by Gasteiger charge is -2.30. The van der Waals surface area contributed by atoms with Crippen molar-refractivity contribution in [1.82, 2.24) is 5.32 Å². The van der Waals surface area contributed by atoms with Crippen molar-refractivity contribution in [2.45, 2.75) is 65.1 Å². The minimum absolute atomic E-state index is 0.0658. The van der Waals surface area contributed by atoms with E-state index in [-0.39, 0.29) is 30.2 Å². The largest absolute Gasteiger partial charge is 0.391 e. The molecule has 0 spiro atoms. The van der Waals surface area contributed by atoms with Gasteiger partial charge in [0.1, 0.15) is 0 Å². The summed E-state index contributed by atoms with van der Waals surface area (Å²) < 4.78 is 38.2. The highest BCUT2D eigenvalue weighted by atomic mass is 19.4. The Morgan fingerprint density at radius 3 is 2.43 bits per heavy atom. The van der Waals surface area contributed by atoms with E-state index in [4.69, 9.17) is 5.73 Å². The summed E-state index contributed by atoms with van der Waals surface area (Å²) in [6.45, 7) is 6.50. The highest BCUT2D eigenvalue weighted by molar-refractivity contribution is 5.78. The molecule has 3 atom stereocenters. The van der Waals surface area contributed by atoms with Crippen LogP contribution in [-0.4, -0.2) is 24.7 Å². The maximum Gasteiger partial charge on any atom is 0.391 e. The quantitative estimate of drug-likeness (QED) is 0.837. The van der Waals surface area contributed by atoms with Crippen LogP contribution in [0, 0.1) is 17.3 Å². The fourth-order valence-electron chi connectivity index (χ4n) is 2.96. The third kappa shape index (κ3) is 6.68. The molecule has 1 aliphatic rings. The van der Waals surface area contributed by atoms with Gasteiger partial charge in [-0.1, -0.05) is 27.2 Å². The van der Waals surface area contributed by atoms with Crippen molar-refractivity contribution in [3.8, 4) is 0 Å². The van der Waals surface area contributed by atoms with E-state index in [1.807, 2.05) is 0 Å². The van der Waals surface area contributed by atoms with E-state index in [0.29, 0.717) is 19.4 Å². The van der Waals surface area contributed by atoms with Gasteiger partial charge in [0.05, 0.1) is 5.92 Å². The number of rotatable bonds is 4. The highest BCUT2D eigenvalue weighted by Gasteiger charge is 2.43. The molecule has 0 aliphatic heterocycles. The number of nitrogens with one attached hydrogen (secondary N) is 1. The predicted molar refractivity (Wildman–Crippen MR) is 76.6 cm³/mol. The lowest BCUT2D eigenvalue weighted by molar-refractivity contribution is -0.186. The Hall–Kier alpha value is -0.780. The molecule has 6 heteroatoms. The second-order valence-corrected chi connectivity index (χ2v) is 7.37. The molecule has 3 unspecified atom stereocenters. The van der Waals surface area contributed by atoms with E-state index in [1.54, 1.807) is 0 Å². The maximum atomic E-state index is 12.7. The van der Waals surface area contributed by atoms with E-state index in [9.17, 15) is 18.0 Å². The molecule has 0 aromatic rings. The number of alkyl halides is 3. The average molecular weight is 308 g/mol. The molecule has 1 aliphatic carbocycles. The Morgan fingerprint density at radius 1 is 1.29 bits per heavy atom. The minimum Gasteiger partial charge on any atom is -0.354 e. The summed E-state index contributed by atoms with van der Waals surface area (Å²) in [6, 6.07) is -0.170. The summed E-state index contributed by atoms with van der Waals surface area (Å²) >= 11 is 0. The fourth-order valence-corrected chi connectivity index (χ4v) is 2.96. The molecule has 1 amide bonds. The van der Waals surface area contributed by atoms with Crippen LogP contribution in [0.4, 0.5) is 13.2 Å². The number of halogens is 3. The predicted octanol–water partition coefficient (Wildman–Crippen LogP) is 3.23. The van der Waals surface area contributed by atoms with Gasteiger partial charge < -0.3 is 11.1 Å². The zero-order valence-electron chi connectivity index (χ0n) is 13.1. The number of nitrogens with two attached hydrogens (primary N) is 1. The number of hydrogen-bond donors (Lipinski definition) is 2. The first-order valence-electron chi connectivity index (χ1n) is 7.59. The Bertz CT molecular complexity index is 350. The van der Waals surface area contributed by atoms with E-state index in [0.717, 1.165) is 6.42 Å². The molecule has 21 heavy (non-hydrogen) atoms. The summed E-state index contributed by atoms with van der Waals surface area (Å²) in [5.41, 5.74) is 6.01. The van der Waals surface area contributed by atoms with E-state index >= 15 is 0 Å². The Labute approximate surface area is 124 Å². The van der Waals surface area contributed by atoms with Gasteiger partial charge in [0.15, 0.2) is 0 Å². The summed E-state index contributed by atoms with van der Waals surface area (Å²) in [5, 5.41) is 2.72. The van der Waals surface area contributed by atoms with Crippen LogP contribution in [-0.2, 0) is 4.79 Å². The maximum absolute atomic E-state index is 12.7. The van der Waals surface area contributed by atoms with Crippen LogP contribution in [0.5, 0.6) is 0 Å². The van der Waals surface area contributed by atoms with E-state index in [1.165, 1.54) is 0 Å². The van der Waals surface area contributed by atoms with Crippen molar-refractivity contribution in [3.05, 3.63) is 0 Å². The van der Waals surface area contributed by atoms with Crippen LogP contribution in [0.2, 0.25) is 0 Å². The first-order valence-corrected chi connectivity index (χ1v) is 7.59. The van der Waals surface area contributed by atoms with E-state index in [2.05, 4.69) is 26.1 Å². The van der Waals surface area contributed by atoms with Gasteiger partial charge in [0.2, 0.25) is 5.91 Å². The van der Waals surface area contributed by atoms with Crippen LogP contribution in [0.25, 0.3) is 0 Å². The summed E-state index contributed by atoms with van der Waals surface area (Å²) in [5.74, 6) is -2.16. The molecule has 0 bridgehead atoms. The molecular formula is C15H27F3N2O. The van der Waals surface area contributed by atoms with Crippen LogP contribution in [0.1, 0.15) is 52.9 Å². The lowest BCUT2D eigenvalue weighted by Crippen LogP contribution is -2.43. The third-order valence-electron chi connectivity index (χ3n) is 3.92. The topological polar surface area (TPSA) is 55.1 Å². The van der Waals surface area contributed by atoms with Gasteiger partial charge >= 0.3 is 6.18 Å². The number of hydrogen-bond acceptors (Lipinski definition) is 2. The number of carbonyl (C=O) groups is 1. The molecule has 1 fully saturated rings. The molecule has 0 radical (unpaired) electrons. The van der Waals surface area contributed by atoms with Crippen molar-refractivity contribution in [1.29, 1.82) is 0 Å². The molecule has 3 N–H and O–H groups in total. The molecule has 0 saturated heterocycles. The van der Waals surface area contributed by atoms with Crippen molar-refractivity contribution < 1.29 is 18.0 Å². The SMILES string of the molecule is CC(C)(C)CC(N)CNC(=O)C1CCCC(C(F)(F)F)C1. The molecule has 1 saturated carbocycles. The normalized spacial score (nSPS) is 25.5. The van der Waals surface area contributed by atoms with Gasteiger partial charge in [-0.3, -0.25) is 4.79 Å². The van der Waals surface area contributed by atoms with Crippen LogP contribution in [0.3, 0.4) is 0 Å². The van der Waals surface area contributed by atoms with Gasteiger partial charge in [-0.05, 0) is 31.1 Å². The molecule has 3 nitrogen and oxygen atoms in total. The van der Waals surface area contributed by atoms with Crippen molar-refractivity contribution >= 4 is 5.91 Å². The Morgan fingerprint density at radius 2 is 1.90 bits per heavy atom. The first kappa shape index (κ1) is 18.3. The smallest absolute Gasteiger partial charge is 0.354 e. The first-order chi connectivity index (χ1) is 9.49. The Balaban J connectivity index is 2.41. The van der Waals surface area contributed by atoms with Crippen molar-refractivity contribution in [2.24, 2.45) is 23.0 Å². The highest BCUT2D eigenvalue weighted by Crippen LogP contribution is 2.39. The second-order valence-electron chi connectivity index (χ2n) is 7.37. The van der Waals surface area contributed by atoms with Crippen LogP contribution >= 0.6 is 0 Å². The third-order valence-corrected chi connectivity index (χ3v) is 3.92. The van der Waals surface area contributed by atoms with Crippen molar-refractivity contribution in [2.75, 3.05) is 6.54 Å². The molecule has 124 valence electrons. The van der Waals surface area contributed by atoms with Crippen LogP contribution < -0.4 is 11.1 Å². The Kier molecular flexibility index (Phi) is 6.08. The zero-order chi connectivity index (χ0) is 16.3. The van der Waals surface area contributed by atoms with Crippen LogP contribution in [0.15, 0.2) is 0 Å². The number of carbonyl (C=O) groups excluding carboxylic acids is 1. The lowest BCUT2D eigenvalue weighted by atomic mass is 9.80. The van der Waals surface area contributed by atoms with Gasteiger partial charge in [0.25, 0.3) is 0 Å².